The quantitative estimate of drug-likeness (QED) is 0.744. The van der Waals surface area contributed by atoms with E-state index in [9.17, 15) is 0 Å². The Morgan fingerprint density at radius 3 is 2.68 bits per heavy atom. The van der Waals surface area contributed by atoms with Crippen molar-refractivity contribution < 1.29 is 0 Å². The van der Waals surface area contributed by atoms with Gasteiger partial charge in [-0.05, 0) is 31.9 Å². The summed E-state index contributed by atoms with van der Waals surface area (Å²) in [7, 11) is 3.96. The third-order valence-corrected chi connectivity index (χ3v) is 4.30. The molecule has 2 heterocycles. The van der Waals surface area contributed by atoms with Crippen LogP contribution in [0.1, 0.15) is 29.7 Å². The topological polar surface area (TPSA) is 46.8 Å². The van der Waals surface area contributed by atoms with E-state index in [-0.39, 0.29) is 6.04 Å². The Hall–Kier alpha value is -2.43. The van der Waals surface area contributed by atoms with Gasteiger partial charge in [0.2, 0.25) is 0 Å². The summed E-state index contributed by atoms with van der Waals surface area (Å²) < 4.78 is 1.77. The Labute approximate surface area is 130 Å². The average molecular weight is 295 g/mol. The second-order valence-corrected chi connectivity index (χ2v) is 5.85. The molecule has 5 heteroatoms. The number of benzene rings is 1. The maximum Gasteiger partial charge on any atom is 0.163 e. The van der Waals surface area contributed by atoms with Crippen LogP contribution in [0, 0.1) is 13.8 Å². The lowest BCUT2D eigenvalue weighted by molar-refractivity contribution is 0.725. The van der Waals surface area contributed by atoms with Crippen LogP contribution in [0.15, 0.2) is 30.7 Å². The van der Waals surface area contributed by atoms with Gasteiger partial charge in [-0.25, -0.2) is 9.97 Å². The van der Waals surface area contributed by atoms with Crippen molar-refractivity contribution in [1.29, 1.82) is 0 Å². The van der Waals surface area contributed by atoms with Gasteiger partial charge in [-0.3, -0.25) is 4.68 Å². The first-order valence-corrected chi connectivity index (χ1v) is 7.41. The van der Waals surface area contributed by atoms with Crippen molar-refractivity contribution >= 4 is 16.9 Å². The van der Waals surface area contributed by atoms with Gasteiger partial charge in [0.05, 0.1) is 17.6 Å². The predicted octanol–water partition coefficient (Wildman–Crippen LogP) is 3.18. The molecule has 0 bridgehead atoms. The van der Waals surface area contributed by atoms with E-state index < -0.39 is 0 Å². The number of hydrogen-bond acceptors (Lipinski definition) is 4. The van der Waals surface area contributed by atoms with Crippen molar-refractivity contribution in [2.75, 3.05) is 11.9 Å². The molecule has 2 aromatic heterocycles. The number of aromatic nitrogens is 4. The minimum absolute atomic E-state index is 0.221. The molecule has 0 amide bonds. The summed E-state index contributed by atoms with van der Waals surface area (Å²) in [5, 5.41) is 5.26. The van der Waals surface area contributed by atoms with E-state index in [1.165, 1.54) is 16.7 Å². The molecule has 3 aromatic rings. The van der Waals surface area contributed by atoms with Gasteiger partial charge in [0.1, 0.15) is 12.1 Å². The number of rotatable bonds is 3. The molecule has 22 heavy (non-hydrogen) atoms. The molecule has 0 saturated carbocycles. The largest absolute Gasteiger partial charge is 0.352 e. The van der Waals surface area contributed by atoms with Crippen LogP contribution in [0.5, 0.6) is 0 Å². The Morgan fingerprint density at radius 2 is 1.95 bits per heavy atom. The monoisotopic (exact) mass is 295 g/mol. The van der Waals surface area contributed by atoms with E-state index in [0.29, 0.717) is 0 Å². The fourth-order valence-electron chi connectivity index (χ4n) is 2.92. The Bertz CT molecular complexity index is 821. The van der Waals surface area contributed by atoms with Crippen molar-refractivity contribution in [3.63, 3.8) is 0 Å². The molecule has 0 radical (unpaired) electrons. The molecular weight excluding hydrogens is 274 g/mol. The summed E-state index contributed by atoms with van der Waals surface area (Å²) in [5.41, 5.74) is 4.75. The minimum Gasteiger partial charge on any atom is -0.352 e. The van der Waals surface area contributed by atoms with Crippen molar-refractivity contribution in [3.8, 4) is 0 Å². The van der Waals surface area contributed by atoms with Gasteiger partial charge >= 0.3 is 0 Å². The standard InChI is InChI=1S/C17H21N5/c1-11-6-7-14(12(2)8-11)13(3)21(4)16-15-9-20-22(5)17(15)19-10-18-16/h6-10,13H,1-5H3. The molecule has 1 atom stereocenters. The molecule has 0 saturated heterocycles. The fraction of sp³-hybridized carbons (Fsp3) is 0.353. The summed E-state index contributed by atoms with van der Waals surface area (Å²) in [6.07, 6.45) is 3.43. The zero-order valence-electron chi connectivity index (χ0n) is 13.7. The highest BCUT2D eigenvalue weighted by atomic mass is 15.3. The molecule has 0 fully saturated rings. The summed E-state index contributed by atoms with van der Waals surface area (Å²) in [6, 6.07) is 6.80. The Balaban J connectivity index is 2.03. The fourth-order valence-corrected chi connectivity index (χ4v) is 2.92. The van der Waals surface area contributed by atoms with Crippen molar-refractivity contribution in [2.45, 2.75) is 26.8 Å². The van der Waals surface area contributed by atoms with E-state index in [1.54, 1.807) is 11.0 Å². The van der Waals surface area contributed by atoms with Crippen LogP contribution < -0.4 is 4.90 Å². The molecule has 0 aliphatic heterocycles. The molecule has 0 aliphatic carbocycles. The van der Waals surface area contributed by atoms with Gasteiger partial charge in [-0.15, -0.1) is 0 Å². The second-order valence-electron chi connectivity index (χ2n) is 5.85. The predicted molar refractivity (Wildman–Crippen MR) is 89.0 cm³/mol. The zero-order chi connectivity index (χ0) is 15.9. The number of fused-ring (bicyclic) bond motifs is 1. The normalized spacial score (nSPS) is 12.6. The maximum atomic E-state index is 4.48. The van der Waals surface area contributed by atoms with Gasteiger partial charge in [-0.1, -0.05) is 23.8 Å². The van der Waals surface area contributed by atoms with E-state index >= 15 is 0 Å². The molecule has 0 aliphatic rings. The summed E-state index contributed by atoms with van der Waals surface area (Å²) in [5.74, 6) is 0.908. The van der Waals surface area contributed by atoms with E-state index in [4.69, 9.17) is 0 Å². The lowest BCUT2D eigenvalue weighted by atomic mass is 9.99. The van der Waals surface area contributed by atoms with Gasteiger partial charge in [0, 0.05) is 14.1 Å². The Morgan fingerprint density at radius 1 is 1.18 bits per heavy atom. The molecule has 114 valence electrons. The van der Waals surface area contributed by atoms with Crippen LogP contribution in [-0.4, -0.2) is 26.8 Å². The lowest BCUT2D eigenvalue weighted by Gasteiger charge is -2.28. The zero-order valence-corrected chi connectivity index (χ0v) is 13.7. The molecule has 0 N–H and O–H groups in total. The van der Waals surface area contributed by atoms with Gasteiger partial charge in [0.15, 0.2) is 5.65 Å². The second kappa shape index (κ2) is 5.40. The number of anilines is 1. The Kier molecular flexibility index (Phi) is 3.56. The molecular formula is C17H21N5. The third kappa shape index (κ3) is 2.32. The lowest BCUT2D eigenvalue weighted by Crippen LogP contribution is -2.23. The van der Waals surface area contributed by atoms with Crippen LogP contribution in [0.3, 0.4) is 0 Å². The number of aryl methyl sites for hydroxylation is 3. The first kappa shape index (κ1) is 14.5. The van der Waals surface area contributed by atoms with E-state index in [1.807, 2.05) is 13.2 Å². The van der Waals surface area contributed by atoms with E-state index in [0.717, 1.165) is 16.9 Å². The summed E-state index contributed by atoms with van der Waals surface area (Å²) in [6.45, 7) is 6.48. The highest BCUT2D eigenvalue weighted by Crippen LogP contribution is 2.30. The molecule has 5 nitrogen and oxygen atoms in total. The number of hydrogen-bond donors (Lipinski definition) is 0. The summed E-state index contributed by atoms with van der Waals surface area (Å²) >= 11 is 0. The van der Waals surface area contributed by atoms with Crippen LogP contribution in [0.4, 0.5) is 5.82 Å². The van der Waals surface area contributed by atoms with Crippen molar-refractivity contribution in [3.05, 3.63) is 47.4 Å². The average Bonchev–Trinajstić information content (AvgIpc) is 2.87. The van der Waals surface area contributed by atoms with Crippen LogP contribution in [0.2, 0.25) is 0 Å². The van der Waals surface area contributed by atoms with Crippen LogP contribution in [-0.2, 0) is 7.05 Å². The van der Waals surface area contributed by atoms with Crippen molar-refractivity contribution in [1.82, 2.24) is 19.7 Å². The smallest absolute Gasteiger partial charge is 0.163 e. The highest BCUT2D eigenvalue weighted by Gasteiger charge is 2.19. The molecule has 1 aromatic carbocycles. The van der Waals surface area contributed by atoms with Crippen LogP contribution in [0.25, 0.3) is 11.0 Å². The van der Waals surface area contributed by atoms with Gasteiger partial charge in [0.25, 0.3) is 0 Å². The van der Waals surface area contributed by atoms with Crippen molar-refractivity contribution in [2.24, 2.45) is 7.05 Å². The number of nitrogens with zero attached hydrogens (tertiary/aromatic N) is 5. The van der Waals surface area contributed by atoms with Gasteiger partial charge in [-0.2, -0.15) is 5.10 Å². The van der Waals surface area contributed by atoms with Gasteiger partial charge < -0.3 is 4.90 Å². The van der Waals surface area contributed by atoms with E-state index in [2.05, 4.69) is 66.0 Å². The first-order chi connectivity index (χ1) is 10.5. The molecule has 1 unspecified atom stereocenters. The maximum absolute atomic E-state index is 4.48. The summed E-state index contributed by atoms with van der Waals surface area (Å²) in [4.78, 5) is 11.0. The SMILES string of the molecule is Cc1ccc(C(C)N(C)c2ncnc3c2cnn3C)c(C)c1. The molecule has 0 spiro atoms. The first-order valence-electron chi connectivity index (χ1n) is 7.41. The highest BCUT2D eigenvalue weighted by molar-refractivity contribution is 5.86. The molecule has 3 rings (SSSR count). The van der Waals surface area contributed by atoms with Crippen LogP contribution >= 0.6 is 0 Å². The minimum atomic E-state index is 0.221. The third-order valence-electron chi connectivity index (χ3n) is 4.30.